The van der Waals surface area contributed by atoms with E-state index in [-0.39, 0.29) is 18.8 Å². The van der Waals surface area contributed by atoms with E-state index in [1.165, 1.54) is 6.92 Å². The minimum Gasteiger partial charge on any atom is -0.481 e. The van der Waals surface area contributed by atoms with Crippen molar-refractivity contribution in [1.82, 2.24) is 0 Å². The number of carbonyl (C=O) groups is 3. The molecule has 6 nitrogen and oxygen atoms in total. The molecule has 0 aliphatic carbocycles. The maximum atomic E-state index is 11.3. The number of ether oxygens (including phenoxy) is 1. The van der Waals surface area contributed by atoms with Crippen LogP contribution in [0.4, 0.5) is 0 Å². The largest absolute Gasteiger partial charge is 0.481 e. The highest BCUT2D eigenvalue weighted by molar-refractivity contribution is 5.72. The molecule has 0 aromatic heterocycles. The number of aliphatic carboxylic acids is 2. The van der Waals surface area contributed by atoms with Gasteiger partial charge in [-0.15, -0.1) is 0 Å². The van der Waals surface area contributed by atoms with E-state index in [4.69, 9.17) is 14.9 Å². The van der Waals surface area contributed by atoms with Gasteiger partial charge in [0.05, 0.1) is 12.8 Å². The summed E-state index contributed by atoms with van der Waals surface area (Å²) >= 11 is 0. The van der Waals surface area contributed by atoms with Gasteiger partial charge < -0.3 is 14.9 Å². The maximum absolute atomic E-state index is 11.3. The lowest BCUT2D eigenvalue weighted by molar-refractivity contribution is -0.147. The quantitative estimate of drug-likeness (QED) is 0.713. The number of carbonyl (C=O) groups excluding carboxylic acids is 1. The molecule has 1 unspecified atom stereocenters. The fourth-order valence-electron chi connectivity index (χ4n) is 2.41. The van der Waals surface area contributed by atoms with Gasteiger partial charge >= 0.3 is 17.9 Å². The third-order valence-corrected chi connectivity index (χ3v) is 3.15. The molecular weight excluding hydrogens is 300 g/mol. The first kappa shape index (κ1) is 18.7. The number of esters is 1. The van der Waals surface area contributed by atoms with Crippen LogP contribution < -0.4 is 0 Å². The number of carboxylic acids is 2. The molecule has 1 aromatic carbocycles. The summed E-state index contributed by atoms with van der Waals surface area (Å²) in [4.78, 5) is 33.2. The summed E-state index contributed by atoms with van der Waals surface area (Å²) in [5.41, 5.74) is 1.61. The fourth-order valence-corrected chi connectivity index (χ4v) is 2.41. The van der Waals surface area contributed by atoms with Gasteiger partial charge in [0.15, 0.2) is 0 Å². The fraction of sp³-hybridized carbons (Fsp3) is 0.471. The summed E-state index contributed by atoms with van der Waals surface area (Å²) in [5, 5.41) is 17.9. The second-order valence-corrected chi connectivity index (χ2v) is 5.95. The van der Waals surface area contributed by atoms with E-state index in [1.54, 1.807) is 18.2 Å². The number of carboxylic acid groups (broad SMARTS) is 2. The highest BCUT2D eigenvalue weighted by Gasteiger charge is 2.19. The van der Waals surface area contributed by atoms with Crippen molar-refractivity contribution in [3.05, 3.63) is 34.9 Å². The van der Waals surface area contributed by atoms with E-state index >= 15 is 0 Å². The molecule has 0 radical (unpaired) electrons. The summed E-state index contributed by atoms with van der Waals surface area (Å²) in [7, 11) is 0. The van der Waals surface area contributed by atoms with Crippen LogP contribution in [-0.4, -0.2) is 28.1 Å². The molecule has 0 saturated carbocycles. The van der Waals surface area contributed by atoms with Crippen molar-refractivity contribution in [2.45, 2.75) is 46.1 Å². The second-order valence-electron chi connectivity index (χ2n) is 5.95. The lowest BCUT2D eigenvalue weighted by atomic mass is 9.94. The van der Waals surface area contributed by atoms with Crippen LogP contribution >= 0.6 is 0 Å². The van der Waals surface area contributed by atoms with Crippen molar-refractivity contribution in [1.29, 1.82) is 0 Å². The molecule has 0 bridgehead atoms. The van der Waals surface area contributed by atoms with Gasteiger partial charge in [-0.05, 0) is 29.0 Å². The van der Waals surface area contributed by atoms with Crippen LogP contribution in [0.15, 0.2) is 18.2 Å². The van der Waals surface area contributed by atoms with Gasteiger partial charge in [-0.25, -0.2) is 0 Å². The predicted molar refractivity (Wildman–Crippen MR) is 83.1 cm³/mol. The number of hydrogen-bond donors (Lipinski definition) is 2. The molecule has 126 valence electrons. The Bertz CT molecular complexity index is 556. The molecule has 6 heteroatoms. The summed E-state index contributed by atoms with van der Waals surface area (Å²) in [6, 6.07) is 4.89. The highest BCUT2D eigenvalue weighted by atomic mass is 16.5. The normalized spacial score (nSPS) is 12.0. The third kappa shape index (κ3) is 6.95. The molecule has 23 heavy (non-hydrogen) atoms. The van der Waals surface area contributed by atoms with Crippen LogP contribution in [0, 0.1) is 5.92 Å². The smallest absolute Gasteiger partial charge is 0.307 e. The van der Waals surface area contributed by atoms with Gasteiger partial charge in [-0.1, -0.05) is 32.0 Å². The molecule has 1 aromatic rings. The van der Waals surface area contributed by atoms with Crippen molar-refractivity contribution < 1.29 is 29.3 Å². The van der Waals surface area contributed by atoms with E-state index in [2.05, 4.69) is 0 Å². The van der Waals surface area contributed by atoms with Crippen LogP contribution in [-0.2, 0) is 32.0 Å². The summed E-state index contributed by atoms with van der Waals surface area (Å²) in [6.45, 7) is 5.28. The van der Waals surface area contributed by atoms with Crippen LogP contribution in [0.3, 0.4) is 0 Å². The molecule has 1 rings (SSSR count). The number of rotatable bonds is 8. The van der Waals surface area contributed by atoms with Gasteiger partial charge in [0.2, 0.25) is 0 Å². The maximum Gasteiger partial charge on any atom is 0.307 e. The molecule has 0 aliphatic heterocycles. The van der Waals surface area contributed by atoms with E-state index in [1.807, 2.05) is 13.8 Å². The zero-order chi connectivity index (χ0) is 17.6. The average Bonchev–Trinajstić information content (AvgIpc) is 2.34. The standard InChI is InChI=1S/C17H22O6/c1-10(2)4-15(23-11(3)18)14-6-12(8-16(19)20)5-13(7-14)9-17(21)22/h5-7,10,15H,4,8-9H2,1-3H3,(H,19,20)(H,21,22). The summed E-state index contributed by atoms with van der Waals surface area (Å²) in [6.07, 6.45) is -0.374. The van der Waals surface area contributed by atoms with Gasteiger partial charge in [0.1, 0.15) is 6.10 Å². The SMILES string of the molecule is CC(=O)OC(CC(C)C)c1cc(CC(=O)O)cc(CC(=O)O)c1. The van der Waals surface area contributed by atoms with Gasteiger partial charge in [0.25, 0.3) is 0 Å². The molecule has 0 amide bonds. The van der Waals surface area contributed by atoms with Crippen LogP contribution in [0.25, 0.3) is 0 Å². The van der Waals surface area contributed by atoms with Crippen molar-refractivity contribution in [3.63, 3.8) is 0 Å². The predicted octanol–water partition coefficient (Wildman–Crippen LogP) is 2.59. The Hall–Kier alpha value is -2.37. The van der Waals surface area contributed by atoms with E-state index in [0.717, 1.165) is 0 Å². The monoisotopic (exact) mass is 322 g/mol. The van der Waals surface area contributed by atoms with Gasteiger partial charge in [0, 0.05) is 6.92 Å². The molecule has 0 aliphatic rings. The Kier molecular flexibility index (Phi) is 6.75. The Balaban J connectivity index is 3.24. The summed E-state index contributed by atoms with van der Waals surface area (Å²) in [5.74, 6) is -2.18. The summed E-state index contributed by atoms with van der Waals surface area (Å²) < 4.78 is 5.33. The van der Waals surface area contributed by atoms with E-state index in [0.29, 0.717) is 23.1 Å². The Labute approximate surface area is 135 Å². The average molecular weight is 322 g/mol. The number of benzene rings is 1. The van der Waals surface area contributed by atoms with Crippen LogP contribution in [0.2, 0.25) is 0 Å². The molecule has 0 saturated heterocycles. The molecule has 1 atom stereocenters. The molecular formula is C17H22O6. The van der Waals surface area contributed by atoms with Gasteiger partial charge in [-0.2, -0.15) is 0 Å². The van der Waals surface area contributed by atoms with Crippen molar-refractivity contribution >= 4 is 17.9 Å². The zero-order valence-corrected chi connectivity index (χ0v) is 13.5. The van der Waals surface area contributed by atoms with Gasteiger partial charge in [-0.3, -0.25) is 14.4 Å². The second kappa shape index (κ2) is 8.31. The number of hydrogen-bond acceptors (Lipinski definition) is 4. The van der Waals surface area contributed by atoms with Crippen LogP contribution in [0.1, 0.15) is 50.0 Å². The lowest BCUT2D eigenvalue weighted by Gasteiger charge is -2.21. The van der Waals surface area contributed by atoms with Crippen molar-refractivity contribution in [2.24, 2.45) is 5.92 Å². The van der Waals surface area contributed by atoms with Crippen LogP contribution in [0.5, 0.6) is 0 Å². The van der Waals surface area contributed by atoms with Crippen molar-refractivity contribution in [3.8, 4) is 0 Å². The topological polar surface area (TPSA) is 101 Å². The molecule has 2 N–H and O–H groups in total. The minimum absolute atomic E-state index is 0.213. The first-order valence-corrected chi connectivity index (χ1v) is 7.41. The molecule has 0 heterocycles. The Morgan fingerprint density at radius 2 is 1.48 bits per heavy atom. The Morgan fingerprint density at radius 1 is 1.00 bits per heavy atom. The highest BCUT2D eigenvalue weighted by Crippen LogP contribution is 2.27. The molecule has 0 fully saturated rings. The molecule has 0 spiro atoms. The van der Waals surface area contributed by atoms with Crippen molar-refractivity contribution in [2.75, 3.05) is 0 Å². The first-order chi connectivity index (χ1) is 10.7. The Morgan fingerprint density at radius 3 is 1.83 bits per heavy atom. The third-order valence-electron chi connectivity index (χ3n) is 3.15. The zero-order valence-electron chi connectivity index (χ0n) is 13.5. The first-order valence-electron chi connectivity index (χ1n) is 7.41. The lowest BCUT2D eigenvalue weighted by Crippen LogP contribution is -2.13. The minimum atomic E-state index is -1.00. The van der Waals surface area contributed by atoms with E-state index < -0.39 is 24.0 Å². The van der Waals surface area contributed by atoms with E-state index in [9.17, 15) is 14.4 Å².